The van der Waals surface area contributed by atoms with E-state index < -0.39 is 0 Å². The predicted octanol–water partition coefficient (Wildman–Crippen LogP) is 5.41. The molecule has 0 saturated carbocycles. The fourth-order valence-electron chi connectivity index (χ4n) is 2.04. The second-order valence-electron chi connectivity index (χ2n) is 4.26. The highest BCUT2D eigenvalue weighted by molar-refractivity contribution is 14.1. The largest absolute Gasteiger partial charge is 0.0620 e. The van der Waals surface area contributed by atoms with Gasteiger partial charge in [-0.15, -0.1) is 0 Å². The lowest BCUT2D eigenvalue weighted by Crippen LogP contribution is -1.92. The quantitative estimate of drug-likeness (QED) is 0.295. The van der Waals surface area contributed by atoms with E-state index in [1.807, 2.05) is 24.3 Å². The van der Waals surface area contributed by atoms with Crippen LogP contribution in [0.5, 0.6) is 0 Å². The SMILES string of the molecule is [N-]=[N+]=Nc1ccccc1CCCc1ccccc1I. The Kier molecular flexibility index (Phi) is 5.24. The van der Waals surface area contributed by atoms with Crippen molar-refractivity contribution >= 4 is 28.3 Å². The van der Waals surface area contributed by atoms with Crippen molar-refractivity contribution in [3.05, 3.63) is 73.7 Å². The minimum atomic E-state index is 0.743. The molecule has 0 bridgehead atoms. The van der Waals surface area contributed by atoms with Gasteiger partial charge in [0, 0.05) is 14.2 Å². The van der Waals surface area contributed by atoms with Gasteiger partial charge >= 0.3 is 0 Å². The Hall–Kier alpha value is -1.52. The van der Waals surface area contributed by atoms with Crippen molar-refractivity contribution in [1.82, 2.24) is 0 Å². The van der Waals surface area contributed by atoms with E-state index in [9.17, 15) is 0 Å². The number of halogens is 1. The molecular formula is C15H14IN3. The lowest BCUT2D eigenvalue weighted by Gasteiger charge is -2.06. The predicted molar refractivity (Wildman–Crippen MR) is 86.4 cm³/mol. The molecule has 0 aliphatic rings. The van der Waals surface area contributed by atoms with Crippen LogP contribution in [0.15, 0.2) is 53.6 Å². The van der Waals surface area contributed by atoms with Crippen LogP contribution in [-0.2, 0) is 12.8 Å². The molecule has 0 aromatic heterocycles. The first-order valence-corrected chi connectivity index (χ1v) is 7.25. The highest BCUT2D eigenvalue weighted by Crippen LogP contribution is 2.21. The number of nitrogens with zero attached hydrogens (tertiary/aromatic N) is 3. The zero-order chi connectivity index (χ0) is 13.5. The number of benzene rings is 2. The van der Waals surface area contributed by atoms with E-state index >= 15 is 0 Å². The molecule has 0 saturated heterocycles. The molecule has 96 valence electrons. The van der Waals surface area contributed by atoms with Crippen LogP contribution in [0.25, 0.3) is 10.4 Å². The number of azide groups is 1. The molecule has 0 amide bonds. The van der Waals surface area contributed by atoms with E-state index in [0.29, 0.717) is 0 Å². The second-order valence-corrected chi connectivity index (χ2v) is 5.43. The van der Waals surface area contributed by atoms with E-state index in [1.54, 1.807) is 0 Å². The summed E-state index contributed by atoms with van der Waals surface area (Å²) in [4.78, 5) is 2.87. The van der Waals surface area contributed by atoms with Crippen LogP contribution in [0.4, 0.5) is 5.69 Å². The summed E-state index contributed by atoms with van der Waals surface area (Å²) >= 11 is 2.37. The first-order valence-electron chi connectivity index (χ1n) is 6.17. The first-order chi connectivity index (χ1) is 9.31. The van der Waals surface area contributed by atoms with E-state index in [2.05, 4.69) is 56.9 Å². The Morgan fingerprint density at radius 2 is 1.58 bits per heavy atom. The van der Waals surface area contributed by atoms with Crippen molar-refractivity contribution in [2.45, 2.75) is 19.3 Å². The van der Waals surface area contributed by atoms with E-state index in [0.717, 1.165) is 30.5 Å². The standard InChI is InChI=1S/C15H14IN3/c16-14-10-3-1-6-12(14)8-5-9-13-7-2-4-11-15(13)18-19-17/h1-4,6-7,10-11H,5,8-9H2. The molecule has 0 aliphatic carbocycles. The Morgan fingerprint density at radius 1 is 0.947 bits per heavy atom. The van der Waals surface area contributed by atoms with Gasteiger partial charge in [0.25, 0.3) is 0 Å². The van der Waals surface area contributed by atoms with E-state index in [1.165, 1.54) is 9.13 Å². The van der Waals surface area contributed by atoms with Gasteiger partial charge in [0.05, 0.1) is 0 Å². The summed E-state index contributed by atoms with van der Waals surface area (Å²) in [7, 11) is 0. The molecule has 3 nitrogen and oxygen atoms in total. The maximum Gasteiger partial charge on any atom is 0.0407 e. The molecular weight excluding hydrogens is 349 g/mol. The summed E-state index contributed by atoms with van der Waals surface area (Å²) in [6, 6.07) is 16.2. The molecule has 0 N–H and O–H groups in total. The van der Waals surface area contributed by atoms with Crippen LogP contribution in [0.1, 0.15) is 17.5 Å². The van der Waals surface area contributed by atoms with Crippen LogP contribution in [-0.4, -0.2) is 0 Å². The maximum atomic E-state index is 8.54. The van der Waals surface area contributed by atoms with Crippen molar-refractivity contribution in [1.29, 1.82) is 0 Å². The number of aryl methyl sites for hydroxylation is 2. The van der Waals surface area contributed by atoms with Gasteiger partial charge in [-0.25, -0.2) is 0 Å². The van der Waals surface area contributed by atoms with Crippen molar-refractivity contribution in [2.24, 2.45) is 5.11 Å². The molecule has 0 unspecified atom stereocenters. The molecule has 2 aromatic carbocycles. The number of hydrogen-bond acceptors (Lipinski definition) is 1. The summed E-state index contributed by atoms with van der Waals surface area (Å²) in [5, 5.41) is 3.73. The lowest BCUT2D eigenvalue weighted by molar-refractivity contribution is 0.818. The van der Waals surface area contributed by atoms with Crippen LogP contribution < -0.4 is 0 Å². The molecule has 0 heterocycles. The van der Waals surface area contributed by atoms with Crippen LogP contribution in [0.2, 0.25) is 0 Å². The van der Waals surface area contributed by atoms with Crippen LogP contribution >= 0.6 is 22.6 Å². The van der Waals surface area contributed by atoms with Crippen molar-refractivity contribution in [2.75, 3.05) is 0 Å². The smallest absolute Gasteiger partial charge is 0.0407 e. The van der Waals surface area contributed by atoms with Gasteiger partial charge < -0.3 is 0 Å². The van der Waals surface area contributed by atoms with Gasteiger partial charge in [0.2, 0.25) is 0 Å². The maximum absolute atomic E-state index is 8.54. The van der Waals surface area contributed by atoms with Gasteiger partial charge in [0.1, 0.15) is 0 Å². The third-order valence-corrected chi connectivity index (χ3v) is 4.05. The Labute approximate surface area is 126 Å². The normalized spacial score (nSPS) is 9.95. The highest BCUT2D eigenvalue weighted by Gasteiger charge is 2.02. The Balaban J connectivity index is 2.00. The van der Waals surface area contributed by atoms with Gasteiger partial charge in [-0.3, -0.25) is 0 Å². The molecule has 0 fully saturated rings. The third kappa shape index (κ3) is 3.98. The Morgan fingerprint density at radius 3 is 2.32 bits per heavy atom. The topological polar surface area (TPSA) is 48.8 Å². The summed E-state index contributed by atoms with van der Waals surface area (Å²) in [6.45, 7) is 0. The lowest BCUT2D eigenvalue weighted by atomic mass is 10.0. The monoisotopic (exact) mass is 363 g/mol. The summed E-state index contributed by atoms with van der Waals surface area (Å²) in [6.07, 6.45) is 3.03. The van der Waals surface area contributed by atoms with Gasteiger partial charge in [-0.1, -0.05) is 47.6 Å². The molecule has 0 atom stereocenters. The van der Waals surface area contributed by atoms with Gasteiger partial charge in [0.15, 0.2) is 0 Å². The van der Waals surface area contributed by atoms with Crippen molar-refractivity contribution < 1.29 is 0 Å². The highest BCUT2D eigenvalue weighted by atomic mass is 127. The molecule has 0 aliphatic heterocycles. The molecule has 2 aromatic rings. The summed E-state index contributed by atoms with van der Waals surface area (Å²) in [5.41, 5.74) is 11.8. The van der Waals surface area contributed by atoms with Crippen LogP contribution in [0.3, 0.4) is 0 Å². The van der Waals surface area contributed by atoms with E-state index in [4.69, 9.17) is 5.53 Å². The summed E-state index contributed by atoms with van der Waals surface area (Å²) in [5.74, 6) is 0. The second kappa shape index (κ2) is 7.16. The zero-order valence-corrected chi connectivity index (χ0v) is 12.6. The number of hydrogen-bond donors (Lipinski definition) is 0. The van der Waals surface area contributed by atoms with Crippen molar-refractivity contribution in [3.63, 3.8) is 0 Å². The molecule has 19 heavy (non-hydrogen) atoms. The molecule has 2 rings (SSSR count). The average Bonchev–Trinajstić information content (AvgIpc) is 2.43. The zero-order valence-electron chi connectivity index (χ0n) is 10.5. The molecule has 0 radical (unpaired) electrons. The van der Waals surface area contributed by atoms with Crippen LogP contribution in [0, 0.1) is 3.57 Å². The van der Waals surface area contributed by atoms with Crippen molar-refractivity contribution in [3.8, 4) is 0 Å². The summed E-state index contributed by atoms with van der Waals surface area (Å²) < 4.78 is 1.31. The average molecular weight is 363 g/mol. The van der Waals surface area contributed by atoms with Gasteiger partial charge in [-0.05, 0) is 64.6 Å². The van der Waals surface area contributed by atoms with Gasteiger partial charge in [-0.2, -0.15) is 0 Å². The minimum Gasteiger partial charge on any atom is -0.0620 e. The first kappa shape index (κ1) is 13.9. The fraction of sp³-hybridized carbons (Fsp3) is 0.200. The minimum absolute atomic E-state index is 0.743. The molecule has 0 spiro atoms. The Bertz CT molecular complexity index is 604. The third-order valence-electron chi connectivity index (χ3n) is 2.99. The molecule has 4 heteroatoms. The van der Waals surface area contributed by atoms with E-state index in [-0.39, 0.29) is 0 Å². The fourth-order valence-corrected chi connectivity index (χ4v) is 2.70. The number of rotatable bonds is 5.